The maximum absolute atomic E-state index is 12.3. The van der Waals surface area contributed by atoms with E-state index in [2.05, 4.69) is 5.32 Å². The second kappa shape index (κ2) is 8.80. The minimum atomic E-state index is -1.000. The number of carboxylic acid groups (broad SMARTS) is 1. The zero-order valence-corrected chi connectivity index (χ0v) is 14.9. The molecule has 0 aliphatic carbocycles. The van der Waals surface area contributed by atoms with Gasteiger partial charge in [-0.25, -0.2) is 4.79 Å². The van der Waals surface area contributed by atoms with E-state index in [0.29, 0.717) is 24.3 Å². The number of hydrogen-bond acceptors (Lipinski definition) is 3. The van der Waals surface area contributed by atoms with Crippen LogP contribution in [0, 0.1) is 0 Å². The molecule has 136 valence electrons. The van der Waals surface area contributed by atoms with E-state index in [0.717, 1.165) is 5.56 Å². The first-order valence-corrected chi connectivity index (χ1v) is 8.46. The van der Waals surface area contributed by atoms with Crippen LogP contribution in [0.25, 0.3) is 0 Å². The maximum atomic E-state index is 12.3. The molecule has 0 saturated carbocycles. The SMILES string of the molecule is CCN(CC)C(=O)c1ccc(NC(=O)Cc2ccc(C(=O)O)cc2)cc1. The monoisotopic (exact) mass is 354 g/mol. The number of hydrogen-bond donors (Lipinski definition) is 2. The first kappa shape index (κ1) is 19.2. The predicted octanol–water partition coefficient (Wildman–Crippen LogP) is 3.05. The molecule has 6 nitrogen and oxygen atoms in total. The van der Waals surface area contributed by atoms with Crippen LogP contribution in [0.4, 0.5) is 5.69 Å². The molecule has 0 bridgehead atoms. The molecule has 0 spiro atoms. The van der Waals surface area contributed by atoms with Gasteiger partial charge in [0.05, 0.1) is 12.0 Å². The third kappa shape index (κ3) is 4.92. The number of nitrogens with zero attached hydrogens (tertiary/aromatic N) is 1. The molecule has 0 aliphatic rings. The summed E-state index contributed by atoms with van der Waals surface area (Å²) in [5.41, 5.74) is 2.09. The van der Waals surface area contributed by atoms with Crippen molar-refractivity contribution >= 4 is 23.5 Å². The topological polar surface area (TPSA) is 86.7 Å². The number of anilines is 1. The average Bonchev–Trinajstić information content (AvgIpc) is 2.63. The van der Waals surface area contributed by atoms with Crippen molar-refractivity contribution in [2.45, 2.75) is 20.3 Å². The number of carbonyl (C=O) groups is 3. The van der Waals surface area contributed by atoms with E-state index in [-0.39, 0.29) is 23.8 Å². The van der Waals surface area contributed by atoms with E-state index < -0.39 is 5.97 Å². The molecule has 0 heterocycles. The van der Waals surface area contributed by atoms with Crippen molar-refractivity contribution in [2.24, 2.45) is 0 Å². The number of carbonyl (C=O) groups excluding carboxylic acids is 2. The van der Waals surface area contributed by atoms with Gasteiger partial charge >= 0.3 is 5.97 Å². The lowest BCUT2D eigenvalue weighted by atomic mass is 10.1. The highest BCUT2D eigenvalue weighted by molar-refractivity contribution is 5.96. The molecule has 0 aromatic heterocycles. The molecule has 2 aromatic rings. The van der Waals surface area contributed by atoms with Gasteiger partial charge in [0, 0.05) is 24.3 Å². The Morgan fingerprint density at radius 1 is 0.885 bits per heavy atom. The molecule has 2 amide bonds. The van der Waals surface area contributed by atoms with Crippen molar-refractivity contribution in [1.29, 1.82) is 0 Å². The molecule has 0 aliphatic heterocycles. The van der Waals surface area contributed by atoms with E-state index in [1.165, 1.54) is 12.1 Å². The van der Waals surface area contributed by atoms with Gasteiger partial charge in [0.2, 0.25) is 5.91 Å². The summed E-state index contributed by atoms with van der Waals surface area (Å²) in [5.74, 6) is -1.25. The summed E-state index contributed by atoms with van der Waals surface area (Å²) in [6.45, 7) is 5.15. The number of aromatic carboxylic acids is 1. The van der Waals surface area contributed by atoms with E-state index in [9.17, 15) is 14.4 Å². The van der Waals surface area contributed by atoms with Gasteiger partial charge in [-0.15, -0.1) is 0 Å². The van der Waals surface area contributed by atoms with Crippen LogP contribution < -0.4 is 5.32 Å². The molecule has 0 fully saturated rings. The van der Waals surface area contributed by atoms with Crippen LogP contribution in [0.5, 0.6) is 0 Å². The highest BCUT2D eigenvalue weighted by Crippen LogP contribution is 2.13. The van der Waals surface area contributed by atoms with Crippen molar-refractivity contribution in [1.82, 2.24) is 4.90 Å². The van der Waals surface area contributed by atoms with Gasteiger partial charge in [0.1, 0.15) is 0 Å². The molecular formula is C20H22N2O4. The molecule has 26 heavy (non-hydrogen) atoms. The Kier molecular flexibility index (Phi) is 6.49. The van der Waals surface area contributed by atoms with Gasteiger partial charge in [0.25, 0.3) is 5.91 Å². The Bertz CT molecular complexity index is 778. The maximum Gasteiger partial charge on any atom is 0.335 e. The summed E-state index contributed by atoms with van der Waals surface area (Å²) in [6.07, 6.45) is 0.139. The third-order valence-electron chi connectivity index (χ3n) is 4.03. The third-order valence-corrected chi connectivity index (χ3v) is 4.03. The number of amides is 2. The summed E-state index contributed by atoms with van der Waals surface area (Å²) in [7, 11) is 0. The second-order valence-corrected chi connectivity index (χ2v) is 5.78. The lowest BCUT2D eigenvalue weighted by Crippen LogP contribution is -2.30. The van der Waals surface area contributed by atoms with Crippen molar-refractivity contribution in [2.75, 3.05) is 18.4 Å². The first-order valence-electron chi connectivity index (χ1n) is 8.46. The fourth-order valence-corrected chi connectivity index (χ4v) is 2.55. The van der Waals surface area contributed by atoms with Gasteiger partial charge in [0.15, 0.2) is 0 Å². The quantitative estimate of drug-likeness (QED) is 0.800. The highest BCUT2D eigenvalue weighted by atomic mass is 16.4. The molecule has 0 radical (unpaired) electrons. The Balaban J connectivity index is 1.96. The summed E-state index contributed by atoms with van der Waals surface area (Å²) in [4.78, 5) is 36.9. The minimum absolute atomic E-state index is 0.0357. The van der Waals surface area contributed by atoms with Crippen LogP contribution >= 0.6 is 0 Å². The summed E-state index contributed by atoms with van der Waals surface area (Å²) < 4.78 is 0. The Labute approximate surface area is 152 Å². The van der Waals surface area contributed by atoms with Crippen molar-refractivity contribution in [3.8, 4) is 0 Å². The normalized spacial score (nSPS) is 10.2. The molecule has 2 N–H and O–H groups in total. The number of benzene rings is 2. The lowest BCUT2D eigenvalue weighted by Gasteiger charge is -2.18. The molecule has 0 unspecified atom stereocenters. The van der Waals surface area contributed by atoms with Crippen LogP contribution in [0.3, 0.4) is 0 Å². The fourth-order valence-electron chi connectivity index (χ4n) is 2.55. The number of rotatable bonds is 7. The van der Waals surface area contributed by atoms with Crippen molar-refractivity contribution in [3.63, 3.8) is 0 Å². The van der Waals surface area contributed by atoms with Crippen molar-refractivity contribution < 1.29 is 19.5 Å². The van der Waals surface area contributed by atoms with Gasteiger partial charge in [-0.2, -0.15) is 0 Å². The molecule has 0 saturated heterocycles. The zero-order chi connectivity index (χ0) is 19.1. The van der Waals surface area contributed by atoms with Gasteiger partial charge < -0.3 is 15.3 Å². The predicted molar refractivity (Wildman–Crippen MR) is 99.4 cm³/mol. The Hall–Kier alpha value is -3.15. The molecule has 2 aromatic carbocycles. The fraction of sp³-hybridized carbons (Fsp3) is 0.250. The van der Waals surface area contributed by atoms with E-state index in [1.54, 1.807) is 41.3 Å². The first-order chi connectivity index (χ1) is 12.4. The second-order valence-electron chi connectivity index (χ2n) is 5.78. The van der Waals surface area contributed by atoms with Crippen LogP contribution in [-0.2, 0) is 11.2 Å². The highest BCUT2D eigenvalue weighted by Gasteiger charge is 2.12. The standard InChI is InChI=1S/C20H22N2O4/c1-3-22(4-2)19(24)15-9-11-17(12-10-15)21-18(23)13-14-5-7-16(8-6-14)20(25)26/h5-12H,3-4,13H2,1-2H3,(H,21,23)(H,25,26). The molecule has 0 atom stereocenters. The zero-order valence-electron chi connectivity index (χ0n) is 14.9. The van der Waals surface area contributed by atoms with Gasteiger partial charge in [-0.05, 0) is 55.8 Å². The van der Waals surface area contributed by atoms with Gasteiger partial charge in [-0.3, -0.25) is 9.59 Å². The van der Waals surface area contributed by atoms with Crippen molar-refractivity contribution in [3.05, 3.63) is 65.2 Å². The van der Waals surface area contributed by atoms with E-state index in [4.69, 9.17) is 5.11 Å². The van der Waals surface area contributed by atoms with Gasteiger partial charge in [-0.1, -0.05) is 12.1 Å². The lowest BCUT2D eigenvalue weighted by molar-refractivity contribution is -0.115. The Morgan fingerprint density at radius 2 is 1.42 bits per heavy atom. The molecule has 6 heteroatoms. The Morgan fingerprint density at radius 3 is 1.92 bits per heavy atom. The van der Waals surface area contributed by atoms with Crippen LogP contribution in [0.15, 0.2) is 48.5 Å². The largest absolute Gasteiger partial charge is 0.478 e. The van der Waals surface area contributed by atoms with Crippen LogP contribution in [0.2, 0.25) is 0 Å². The van der Waals surface area contributed by atoms with E-state index >= 15 is 0 Å². The van der Waals surface area contributed by atoms with Crippen LogP contribution in [-0.4, -0.2) is 40.9 Å². The van der Waals surface area contributed by atoms with E-state index in [1.807, 2.05) is 13.8 Å². The molecule has 2 rings (SSSR count). The average molecular weight is 354 g/mol. The summed E-state index contributed by atoms with van der Waals surface area (Å²) >= 11 is 0. The smallest absolute Gasteiger partial charge is 0.335 e. The minimum Gasteiger partial charge on any atom is -0.478 e. The molecular weight excluding hydrogens is 332 g/mol. The number of nitrogens with one attached hydrogen (secondary N) is 1. The van der Waals surface area contributed by atoms with Crippen LogP contribution in [0.1, 0.15) is 40.1 Å². The summed E-state index contributed by atoms with van der Waals surface area (Å²) in [5, 5.41) is 11.6. The number of carboxylic acids is 1. The summed E-state index contributed by atoms with van der Waals surface area (Å²) in [6, 6.07) is 13.0.